The minimum atomic E-state index is -1.60. The third kappa shape index (κ3) is 5.50. The first kappa shape index (κ1) is 24.2. The van der Waals surface area contributed by atoms with Gasteiger partial charge in [-0.25, -0.2) is 0 Å². The predicted octanol–water partition coefficient (Wildman–Crippen LogP) is -1.13. The average Bonchev–Trinajstić information content (AvgIpc) is 2.69. The van der Waals surface area contributed by atoms with Crippen molar-refractivity contribution in [3.05, 3.63) is 0 Å². The number of carbonyl (C=O) groups excluding carboxylic acids is 3. The van der Waals surface area contributed by atoms with E-state index in [2.05, 4.69) is 5.32 Å². The van der Waals surface area contributed by atoms with Crippen LogP contribution in [-0.2, 0) is 23.9 Å². The van der Waals surface area contributed by atoms with Crippen molar-refractivity contribution in [1.82, 2.24) is 5.32 Å². The Bertz CT molecular complexity index is 668. The lowest BCUT2D eigenvalue weighted by Gasteiger charge is -2.43. The number of piperidine rings is 1. The van der Waals surface area contributed by atoms with Gasteiger partial charge in [-0.05, 0) is 31.1 Å². The molecule has 31 heavy (non-hydrogen) atoms. The minimum Gasteiger partial charge on any atom is -0.394 e. The van der Waals surface area contributed by atoms with Gasteiger partial charge in [0.05, 0.1) is 12.7 Å². The molecule has 1 aliphatic carbocycles. The molecular formula is C21H33NO9. The Kier molecular flexibility index (Phi) is 7.82. The van der Waals surface area contributed by atoms with E-state index in [1.165, 1.54) is 0 Å². The number of aliphatic hydroxyl groups excluding tert-OH is 4. The van der Waals surface area contributed by atoms with Crippen LogP contribution in [0.4, 0.5) is 0 Å². The normalized spacial score (nSPS) is 41.2. The molecule has 1 saturated carbocycles. The Morgan fingerprint density at radius 1 is 1.03 bits per heavy atom. The van der Waals surface area contributed by atoms with Gasteiger partial charge in [0, 0.05) is 24.7 Å². The number of amides is 2. The van der Waals surface area contributed by atoms with Crippen LogP contribution in [0, 0.1) is 23.7 Å². The van der Waals surface area contributed by atoms with E-state index in [4.69, 9.17) is 9.47 Å². The third-order valence-electron chi connectivity index (χ3n) is 6.66. The van der Waals surface area contributed by atoms with Crippen molar-refractivity contribution in [1.29, 1.82) is 0 Å². The predicted molar refractivity (Wildman–Crippen MR) is 105 cm³/mol. The number of hydrogen-bond donors (Lipinski definition) is 5. The monoisotopic (exact) mass is 443 g/mol. The van der Waals surface area contributed by atoms with Gasteiger partial charge < -0.3 is 29.9 Å². The third-order valence-corrected chi connectivity index (χ3v) is 6.66. The number of Topliss-reactive ketones (excluding diaryl/α,β-unsaturated/α-hetero) is 1. The molecule has 10 nitrogen and oxygen atoms in total. The Balaban J connectivity index is 1.82. The summed E-state index contributed by atoms with van der Waals surface area (Å²) in [6, 6.07) is 0. The lowest BCUT2D eigenvalue weighted by Crippen LogP contribution is -2.60. The molecule has 2 heterocycles. The van der Waals surface area contributed by atoms with Crippen LogP contribution in [0.25, 0.3) is 0 Å². The molecule has 3 aliphatic rings. The van der Waals surface area contributed by atoms with E-state index in [1.807, 2.05) is 13.8 Å². The van der Waals surface area contributed by atoms with Crippen LogP contribution < -0.4 is 5.32 Å². The van der Waals surface area contributed by atoms with Crippen molar-refractivity contribution >= 4 is 17.6 Å². The Morgan fingerprint density at radius 2 is 1.68 bits per heavy atom. The van der Waals surface area contributed by atoms with Crippen molar-refractivity contribution in [3.63, 3.8) is 0 Å². The first-order valence-corrected chi connectivity index (χ1v) is 10.9. The van der Waals surface area contributed by atoms with Crippen molar-refractivity contribution < 1.29 is 44.3 Å². The maximum absolute atomic E-state index is 13.0. The molecule has 10 heteroatoms. The topological polar surface area (TPSA) is 163 Å². The van der Waals surface area contributed by atoms with E-state index in [1.54, 1.807) is 0 Å². The van der Waals surface area contributed by atoms with Crippen LogP contribution >= 0.6 is 0 Å². The number of carbonyl (C=O) groups is 3. The van der Waals surface area contributed by atoms with Crippen molar-refractivity contribution in [3.8, 4) is 0 Å². The fraction of sp³-hybridized carbons (Fsp3) is 0.857. The first-order chi connectivity index (χ1) is 14.6. The fourth-order valence-electron chi connectivity index (χ4n) is 5.08. The van der Waals surface area contributed by atoms with Crippen molar-refractivity contribution in [2.45, 2.75) is 82.8 Å². The molecule has 2 amide bonds. The van der Waals surface area contributed by atoms with Gasteiger partial charge in [0.15, 0.2) is 6.29 Å². The lowest BCUT2D eigenvalue weighted by atomic mass is 9.71. The van der Waals surface area contributed by atoms with Crippen molar-refractivity contribution in [2.24, 2.45) is 23.7 Å². The van der Waals surface area contributed by atoms with Gasteiger partial charge in [0.25, 0.3) is 0 Å². The molecule has 0 aromatic carbocycles. The van der Waals surface area contributed by atoms with Gasteiger partial charge in [-0.2, -0.15) is 0 Å². The van der Waals surface area contributed by atoms with E-state index >= 15 is 0 Å². The van der Waals surface area contributed by atoms with Gasteiger partial charge in [0.1, 0.15) is 30.2 Å². The highest BCUT2D eigenvalue weighted by atomic mass is 16.7. The summed E-state index contributed by atoms with van der Waals surface area (Å²) in [6.45, 7) is 3.30. The second-order valence-corrected chi connectivity index (χ2v) is 9.34. The Morgan fingerprint density at radius 3 is 2.29 bits per heavy atom. The summed E-state index contributed by atoms with van der Waals surface area (Å²) in [6.07, 6.45) is -6.21. The van der Waals surface area contributed by atoms with E-state index in [-0.39, 0.29) is 54.6 Å². The Labute approximate surface area is 180 Å². The second-order valence-electron chi connectivity index (χ2n) is 9.34. The highest BCUT2D eigenvalue weighted by molar-refractivity contribution is 5.97. The summed E-state index contributed by atoms with van der Waals surface area (Å²) < 4.78 is 11.5. The van der Waals surface area contributed by atoms with Crippen LogP contribution in [-0.4, -0.2) is 81.4 Å². The molecule has 8 unspecified atom stereocenters. The zero-order chi connectivity index (χ0) is 22.9. The highest BCUT2D eigenvalue weighted by Crippen LogP contribution is 2.37. The number of nitrogens with one attached hydrogen (secondary N) is 1. The fourth-order valence-corrected chi connectivity index (χ4v) is 5.08. The molecule has 0 radical (unpaired) electrons. The largest absolute Gasteiger partial charge is 0.394 e. The zero-order valence-electron chi connectivity index (χ0n) is 17.8. The van der Waals surface area contributed by atoms with Gasteiger partial charge in [-0.15, -0.1) is 0 Å². The van der Waals surface area contributed by atoms with Crippen LogP contribution in [0.3, 0.4) is 0 Å². The van der Waals surface area contributed by atoms with Crippen LogP contribution in [0.5, 0.6) is 0 Å². The van der Waals surface area contributed by atoms with Gasteiger partial charge in [0.2, 0.25) is 11.8 Å². The minimum absolute atomic E-state index is 0.0132. The maximum atomic E-state index is 13.0. The molecule has 2 saturated heterocycles. The molecule has 9 atom stereocenters. The van der Waals surface area contributed by atoms with Crippen molar-refractivity contribution in [2.75, 3.05) is 6.61 Å². The average molecular weight is 443 g/mol. The number of aliphatic hydroxyl groups is 4. The molecule has 5 N–H and O–H groups in total. The summed E-state index contributed by atoms with van der Waals surface area (Å²) in [5.41, 5.74) is 0. The Hall–Kier alpha value is -1.43. The molecule has 0 aromatic rings. The summed E-state index contributed by atoms with van der Waals surface area (Å²) in [4.78, 5) is 36.6. The lowest BCUT2D eigenvalue weighted by molar-refractivity contribution is -0.315. The van der Waals surface area contributed by atoms with Gasteiger partial charge in [-0.1, -0.05) is 13.8 Å². The number of ketones is 1. The van der Waals surface area contributed by atoms with Gasteiger partial charge >= 0.3 is 0 Å². The van der Waals surface area contributed by atoms with Gasteiger partial charge in [-0.3, -0.25) is 19.7 Å². The number of hydrogen-bond acceptors (Lipinski definition) is 9. The van der Waals surface area contributed by atoms with Crippen LogP contribution in [0.15, 0.2) is 0 Å². The molecule has 3 fully saturated rings. The quantitative estimate of drug-likeness (QED) is 0.320. The standard InChI is InChI=1S/C21H33NO9/c1-9-3-10(2)17(26)12(4-9)13(5-11-6-15(24)22-16(25)7-11)30-21-20(29)19(28)18(27)14(8-23)31-21/h9-14,18-21,23,27-29H,3-8H2,1-2H3,(H,22,24,25)/t9?,10?,12?,13-,14?,18?,19?,20?,21?/m0/s1. The maximum Gasteiger partial charge on any atom is 0.226 e. The summed E-state index contributed by atoms with van der Waals surface area (Å²) in [7, 11) is 0. The van der Waals surface area contributed by atoms with Crippen LogP contribution in [0.1, 0.15) is 46.0 Å². The number of imide groups is 1. The zero-order valence-corrected chi connectivity index (χ0v) is 17.8. The number of rotatable bonds is 6. The highest BCUT2D eigenvalue weighted by Gasteiger charge is 2.47. The summed E-state index contributed by atoms with van der Waals surface area (Å²) in [5.74, 6) is -1.53. The molecule has 0 spiro atoms. The van der Waals surface area contributed by atoms with E-state index in [0.29, 0.717) is 6.42 Å². The van der Waals surface area contributed by atoms with E-state index in [9.17, 15) is 34.8 Å². The molecular weight excluding hydrogens is 410 g/mol. The molecule has 0 bridgehead atoms. The summed E-state index contributed by atoms with van der Waals surface area (Å²) in [5, 5.41) is 42.2. The first-order valence-electron chi connectivity index (χ1n) is 10.9. The van der Waals surface area contributed by atoms with E-state index in [0.717, 1.165) is 6.42 Å². The smallest absolute Gasteiger partial charge is 0.226 e. The molecule has 0 aromatic heterocycles. The molecule has 2 aliphatic heterocycles. The molecule has 3 rings (SSSR count). The SMILES string of the molecule is CC1CC(C)C(=O)C([C@H](CC2CC(=O)NC(=O)C2)OC2OC(CO)C(O)C(O)C2O)C1. The second kappa shape index (κ2) is 10.0. The van der Waals surface area contributed by atoms with Crippen LogP contribution in [0.2, 0.25) is 0 Å². The number of ether oxygens (including phenoxy) is 2. The molecule has 176 valence electrons. The summed E-state index contributed by atoms with van der Waals surface area (Å²) >= 11 is 0. The van der Waals surface area contributed by atoms with E-state index < -0.39 is 49.3 Å².